The third-order valence-electron chi connectivity index (χ3n) is 2.27. The van der Waals surface area contributed by atoms with E-state index in [9.17, 15) is 8.42 Å². The molecule has 2 rings (SSSR count). The van der Waals surface area contributed by atoms with E-state index in [-0.39, 0.29) is 4.90 Å². The quantitative estimate of drug-likeness (QED) is 0.891. The summed E-state index contributed by atoms with van der Waals surface area (Å²) in [5.41, 5.74) is 0. The van der Waals surface area contributed by atoms with E-state index in [2.05, 4.69) is 4.72 Å². The molecular weight excluding hydrogens is 242 g/mol. The van der Waals surface area contributed by atoms with Crippen LogP contribution in [0, 0.1) is 0 Å². The number of hydrogen-bond donors (Lipinski definition) is 1. The van der Waals surface area contributed by atoms with Gasteiger partial charge in [0.05, 0.1) is 4.90 Å². The Hall–Kier alpha value is -1.27. The summed E-state index contributed by atoms with van der Waals surface area (Å²) in [5.74, 6) is 0.266. The van der Waals surface area contributed by atoms with E-state index in [1.54, 1.807) is 26.8 Å². The molecular formula is C11H15NO4S. The number of hydrogen-bond acceptors (Lipinski definition) is 4. The van der Waals surface area contributed by atoms with E-state index in [0.29, 0.717) is 18.0 Å². The Bertz CT molecular complexity index is 536. The van der Waals surface area contributed by atoms with Crippen LogP contribution in [0.25, 0.3) is 0 Å². The highest BCUT2D eigenvalue weighted by molar-refractivity contribution is 7.89. The zero-order chi connectivity index (χ0) is 12.7. The Morgan fingerprint density at radius 2 is 1.88 bits per heavy atom. The first-order valence-electron chi connectivity index (χ1n) is 5.36. The van der Waals surface area contributed by atoms with Crippen LogP contribution in [0.2, 0.25) is 0 Å². The van der Waals surface area contributed by atoms with Gasteiger partial charge in [-0.25, -0.2) is 13.1 Å². The summed E-state index contributed by atoms with van der Waals surface area (Å²) >= 11 is 0. The molecule has 0 fully saturated rings. The normalized spacial score (nSPS) is 17.1. The van der Waals surface area contributed by atoms with Gasteiger partial charge in [0.1, 0.15) is 0 Å². The summed E-state index contributed by atoms with van der Waals surface area (Å²) in [4.78, 5) is 0.180. The number of rotatable bonds is 3. The Balaban J connectivity index is 2.38. The minimum atomic E-state index is -3.45. The smallest absolute Gasteiger partial charge is 0.246 e. The number of fused-ring (bicyclic) bond motifs is 1. The maximum atomic E-state index is 11.8. The van der Waals surface area contributed by atoms with E-state index in [1.165, 1.54) is 12.1 Å². The second-order valence-electron chi connectivity index (χ2n) is 4.21. The maximum absolute atomic E-state index is 11.8. The van der Waals surface area contributed by atoms with E-state index < -0.39 is 15.8 Å². The lowest BCUT2D eigenvalue weighted by atomic mass is 10.3. The third kappa shape index (κ3) is 2.37. The first-order valence-corrected chi connectivity index (χ1v) is 6.84. The fourth-order valence-corrected chi connectivity index (χ4v) is 2.70. The molecule has 1 N–H and O–H groups in total. The highest BCUT2D eigenvalue weighted by Gasteiger charge is 2.32. The molecule has 0 amide bonds. The predicted octanol–water partition coefficient (Wildman–Crippen LogP) is 1.49. The third-order valence-corrected chi connectivity index (χ3v) is 3.81. The minimum Gasteiger partial charge on any atom is -0.449 e. The Labute approximate surface area is 101 Å². The molecule has 5 nitrogen and oxygen atoms in total. The zero-order valence-corrected chi connectivity index (χ0v) is 10.8. The van der Waals surface area contributed by atoms with Crippen molar-refractivity contribution in [2.45, 2.75) is 31.5 Å². The van der Waals surface area contributed by atoms with Gasteiger partial charge >= 0.3 is 0 Å². The molecule has 0 atom stereocenters. The molecule has 1 aliphatic heterocycles. The van der Waals surface area contributed by atoms with Gasteiger partial charge in [-0.2, -0.15) is 0 Å². The van der Waals surface area contributed by atoms with Crippen LogP contribution in [0.15, 0.2) is 23.1 Å². The van der Waals surface area contributed by atoms with Gasteiger partial charge in [-0.05, 0) is 12.1 Å². The van der Waals surface area contributed by atoms with Crippen LogP contribution in [0.1, 0.15) is 20.8 Å². The molecule has 1 aromatic rings. The molecule has 0 saturated heterocycles. The summed E-state index contributed by atoms with van der Waals surface area (Å²) in [6.45, 7) is 5.62. The molecule has 0 spiro atoms. The summed E-state index contributed by atoms with van der Waals surface area (Å²) in [7, 11) is -3.45. The summed E-state index contributed by atoms with van der Waals surface area (Å²) in [5, 5.41) is 0. The van der Waals surface area contributed by atoms with Crippen LogP contribution in [-0.4, -0.2) is 20.7 Å². The van der Waals surface area contributed by atoms with Crippen molar-refractivity contribution in [3.05, 3.63) is 18.2 Å². The monoisotopic (exact) mass is 257 g/mol. The largest absolute Gasteiger partial charge is 0.449 e. The first kappa shape index (κ1) is 12.2. The van der Waals surface area contributed by atoms with Gasteiger partial charge in [0, 0.05) is 26.5 Å². The lowest BCUT2D eigenvalue weighted by Gasteiger charge is -2.16. The van der Waals surface area contributed by atoms with Crippen LogP contribution < -0.4 is 14.2 Å². The fraction of sp³-hybridized carbons (Fsp3) is 0.455. The molecule has 0 radical (unpaired) electrons. The Kier molecular flexibility index (Phi) is 2.79. The van der Waals surface area contributed by atoms with E-state index in [0.717, 1.165) is 0 Å². The number of sulfonamides is 1. The summed E-state index contributed by atoms with van der Waals surface area (Å²) < 4.78 is 37.0. The molecule has 0 aliphatic carbocycles. The molecule has 1 aliphatic rings. The van der Waals surface area contributed by atoms with E-state index >= 15 is 0 Å². The van der Waals surface area contributed by atoms with Crippen LogP contribution in [-0.2, 0) is 10.0 Å². The van der Waals surface area contributed by atoms with Crippen LogP contribution in [0.5, 0.6) is 11.5 Å². The van der Waals surface area contributed by atoms with Gasteiger partial charge in [0.25, 0.3) is 0 Å². The molecule has 1 heterocycles. The second kappa shape index (κ2) is 3.89. The topological polar surface area (TPSA) is 64.6 Å². The van der Waals surface area contributed by atoms with Gasteiger partial charge in [0.2, 0.25) is 15.8 Å². The molecule has 0 unspecified atom stereocenters. The van der Waals surface area contributed by atoms with Crippen molar-refractivity contribution in [1.29, 1.82) is 0 Å². The van der Waals surface area contributed by atoms with Crippen molar-refractivity contribution in [3.8, 4) is 11.5 Å². The van der Waals surface area contributed by atoms with Gasteiger partial charge in [-0.1, -0.05) is 6.92 Å². The standard InChI is InChI=1S/C11H15NO4S/c1-4-12-17(13,14)8-5-6-9-10(7-8)16-11(2,3)15-9/h5-7,12H,4H2,1-3H3. The van der Waals surface area contributed by atoms with Gasteiger partial charge in [-0.3, -0.25) is 0 Å². The molecule has 1 aromatic carbocycles. The van der Waals surface area contributed by atoms with Crippen molar-refractivity contribution in [3.63, 3.8) is 0 Å². The maximum Gasteiger partial charge on any atom is 0.246 e. The van der Waals surface area contributed by atoms with E-state index in [1.807, 2.05) is 0 Å². The minimum absolute atomic E-state index is 0.180. The molecule has 0 saturated carbocycles. The summed E-state index contributed by atoms with van der Waals surface area (Å²) in [6.07, 6.45) is 0. The molecule has 17 heavy (non-hydrogen) atoms. The van der Waals surface area contributed by atoms with Crippen molar-refractivity contribution < 1.29 is 17.9 Å². The average Bonchev–Trinajstić information content (AvgIpc) is 2.50. The summed E-state index contributed by atoms with van der Waals surface area (Å²) in [6, 6.07) is 4.58. The van der Waals surface area contributed by atoms with Crippen molar-refractivity contribution >= 4 is 10.0 Å². The lowest BCUT2D eigenvalue weighted by molar-refractivity contribution is -0.0432. The van der Waals surface area contributed by atoms with Crippen molar-refractivity contribution in [1.82, 2.24) is 4.72 Å². The van der Waals surface area contributed by atoms with Gasteiger partial charge in [-0.15, -0.1) is 0 Å². The second-order valence-corrected chi connectivity index (χ2v) is 5.98. The highest BCUT2D eigenvalue weighted by Crippen LogP contribution is 2.40. The van der Waals surface area contributed by atoms with Crippen molar-refractivity contribution in [2.24, 2.45) is 0 Å². The predicted molar refractivity (Wildman–Crippen MR) is 62.6 cm³/mol. The van der Waals surface area contributed by atoms with Gasteiger partial charge < -0.3 is 9.47 Å². The molecule has 6 heteroatoms. The van der Waals surface area contributed by atoms with Crippen molar-refractivity contribution in [2.75, 3.05) is 6.54 Å². The Morgan fingerprint density at radius 3 is 2.53 bits per heavy atom. The number of benzene rings is 1. The lowest BCUT2D eigenvalue weighted by Crippen LogP contribution is -2.29. The average molecular weight is 257 g/mol. The fourth-order valence-electron chi connectivity index (χ4n) is 1.64. The van der Waals surface area contributed by atoms with Gasteiger partial charge in [0.15, 0.2) is 11.5 Å². The Morgan fingerprint density at radius 1 is 1.24 bits per heavy atom. The number of nitrogens with one attached hydrogen (secondary N) is 1. The highest BCUT2D eigenvalue weighted by atomic mass is 32.2. The molecule has 0 bridgehead atoms. The van der Waals surface area contributed by atoms with Crippen LogP contribution in [0.4, 0.5) is 0 Å². The van der Waals surface area contributed by atoms with Crippen LogP contribution >= 0.6 is 0 Å². The van der Waals surface area contributed by atoms with Crippen LogP contribution in [0.3, 0.4) is 0 Å². The molecule has 94 valence electrons. The van der Waals surface area contributed by atoms with E-state index in [4.69, 9.17) is 9.47 Å². The first-order chi connectivity index (χ1) is 7.84. The SMILES string of the molecule is CCNS(=O)(=O)c1ccc2c(c1)OC(C)(C)O2. The molecule has 0 aromatic heterocycles. The zero-order valence-electron chi connectivity index (χ0n) is 9.98. The number of ether oxygens (including phenoxy) is 2.